The summed E-state index contributed by atoms with van der Waals surface area (Å²) < 4.78 is 15.1. The zero-order valence-electron chi connectivity index (χ0n) is 16.5. The number of hydrogen-bond acceptors (Lipinski definition) is 3. The van der Waals surface area contributed by atoms with Gasteiger partial charge in [0, 0.05) is 17.3 Å². The largest absolute Gasteiger partial charge is 0.271 e. The van der Waals surface area contributed by atoms with Crippen molar-refractivity contribution in [2.24, 2.45) is 5.10 Å². The van der Waals surface area contributed by atoms with Gasteiger partial charge in [0.15, 0.2) is 0 Å². The fraction of sp³-hybridized carbons (Fsp3) is 0. The predicted molar refractivity (Wildman–Crippen MR) is 120 cm³/mol. The summed E-state index contributed by atoms with van der Waals surface area (Å²) in [6.45, 7) is 0. The fourth-order valence-electron chi connectivity index (χ4n) is 2.97. The summed E-state index contributed by atoms with van der Waals surface area (Å²) in [6.07, 6.45) is 6.75. The molecule has 0 saturated heterocycles. The molecule has 0 bridgehead atoms. The summed E-state index contributed by atoms with van der Waals surface area (Å²) in [5.74, 6) is -0.784. The molecule has 6 heteroatoms. The Morgan fingerprint density at radius 1 is 0.903 bits per heavy atom. The molecule has 1 amide bonds. The van der Waals surface area contributed by atoms with E-state index in [-0.39, 0.29) is 5.82 Å². The summed E-state index contributed by atoms with van der Waals surface area (Å²) in [4.78, 5) is 12.9. The van der Waals surface area contributed by atoms with Crippen molar-refractivity contribution in [1.82, 2.24) is 15.2 Å². The zero-order valence-corrected chi connectivity index (χ0v) is 16.5. The van der Waals surface area contributed by atoms with Crippen molar-refractivity contribution < 1.29 is 9.18 Å². The first kappa shape index (κ1) is 20.0. The average molecular weight is 410 g/mol. The molecule has 0 saturated carbocycles. The lowest BCUT2D eigenvalue weighted by molar-refractivity contribution is -0.115. The third-order valence-electron chi connectivity index (χ3n) is 4.51. The Kier molecular flexibility index (Phi) is 6.09. The third-order valence-corrected chi connectivity index (χ3v) is 4.51. The minimum atomic E-state index is -0.411. The van der Waals surface area contributed by atoms with Gasteiger partial charge in [-0.1, -0.05) is 60.7 Å². The highest BCUT2D eigenvalue weighted by Crippen LogP contribution is 2.20. The van der Waals surface area contributed by atoms with Crippen LogP contribution in [0.2, 0.25) is 0 Å². The molecule has 0 radical (unpaired) electrons. The Labute approximate surface area is 179 Å². The Hall–Kier alpha value is -4.32. The quantitative estimate of drug-likeness (QED) is 0.285. The van der Waals surface area contributed by atoms with Crippen molar-refractivity contribution in [2.45, 2.75) is 0 Å². The maximum absolute atomic E-state index is 13.4. The van der Waals surface area contributed by atoms with Crippen LogP contribution >= 0.6 is 0 Å². The number of para-hydroxylation sites is 1. The van der Waals surface area contributed by atoms with Gasteiger partial charge < -0.3 is 0 Å². The number of halogens is 1. The van der Waals surface area contributed by atoms with Gasteiger partial charge in [-0.3, -0.25) is 4.79 Å². The summed E-state index contributed by atoms with van der Waals surface area (Å²) in [5.41, 5.74) is 5.95. The second-order valence-corrected chi connectivity index (χ2v) is 6.73. The van der Waals surface area contributed by atoms with E-state index >= 15 is 0 Å². The summed E-state index contributed by atoms with van der Waals surface area (Å²) in [5, 5.41) is 8.40. The first-order valence-electron chi connectivity index (χ1n) is 9.65. The van der Waals surface area contributed by atoms with Crippen molar-refractivity contribution in [2.75, 3.05) is 0 Å². The Morgan fingerprint density at radius 3 is 2.29 bits per heavy atom. The minimum Gasteiger partial charge on any atom is -0.267 e. The van der Waals surface area contributed by atoms with E-state index in [4.69, 9.17) is 0 Å². The number of rotatable bonds is 6. The Bertz CT molecular complexity index is 1210. The van der Waals surface area contributed by atoms with E-state index in [2.05, 4.69) is 15.6 Å². The molecule has 1 heterocycles. The van der Waals surface area contributed by atoms with Crippen LogP contribution in [-0.4, -0.2) is 21.9 Å². The van der Waals surface area contributed by atoms with Crippen LogP contribution in [0.25, 0.3) is 17.3 Å². The van der Waals surface area contributed by atoms with Gasteiger partial charge in [0.05, 0.1) is 18.1 Å². The average Bonchev–Trinajstić information content (AvgIpc) is 3.28. The van der Waals surface area contributed by atoms with Crippen LogP contribution in [0.15, 0.2) is 102 Å². The third kappa shape index (κ3) is 5.19. The SMILES string of the molecule is O=C(N/N=C/c1ccccc1)/C(=C/c1cnn(-c2ccccc2)c1)c1ccc(F)cc1. The number of hydrogen-bond donors (Lipinski definition) is 1. The second kappa shape index (κ2) is 9.45. The molecule has 1 aromatic heterocycles. The molecule has 0 aliphatic carbocycles. The van der Waals surface area contributed by atoms with Gasteiger partial charge in [-0.15, -0.1) is 0 Å². The van der Waals surface area contributed by atoms with E-state index in [1.165, 1.54) is 12.1 Å². The van der Waals surface area contributed by atoms with Crippen LogP contribution in [0.1, 0.15) is 16.7 Å². The standard InChI is InChI=1S/C25H19FN4O/c26-22-13-11-21(12-14-22)24(25(31)29-27-16-19-7-3-1-4-8-19)15-20-17-28-30(18-20)23-9-5-2-6-10-23/h1-18H,(H,29,31)/b24-15+,27-16+. The molecule has 0 unspecified atom stereocenters. The van der Waals surface area contributed by atoms with Crippen LogP contribution < -0.4 is 5.43 Å². The number of nitrogens with one attached hydrogen (secondary N) is 1. The van der Waals surface area contributed by atoms with Crippen LogP contribution in [0.4, 0.5) is 4.39 Å². The zero-order chi connectivity index (χ0) is 21.5. The fourth-order valence-corrected chi connectivity index (χ4v) is 2.97. The molecule has 0 aliphatic heterocycles. The molecule has 0 atom stereocenters. The summed E-state index contributed by atoms with van der Waals surface area (Å²) >= 11 is 0. The molecule has 0 spiro atoms. The monoisotopic (exact) mass is 410 g/mol. The first-order chi connectivity index (χ1) is 15.2. The van der Waals surface area contributed by atoms with E-state index in [1.807, 2.05) is 66.9 Å². The van der Waals surface area contributed by atoms with Crippen LogP contribution in [0, 0.1) is 5.82 Å². The number of carbonyl (C=O) groups excluding carboxylic acids is 1. The van der Waals surface area contributed by atoms with Crippen molar-refractivity contribution in [3.63, 3.8) is 0 Å². The van der Waals surface area contributed by atoms with Crippen molar-refractivity contribution >= 4 is 23.8 Å². The van der Waals surface area contributed by atoms with Crippen molar-refractivity contribution in [3.8, 4) is 5.69 Å². The highest BCUT2D eigenvalue weighted by atomic mass is 19.1. The second-order valence-electron chi connectivity index (χ2n) is 6.73. The molecule has 31 heavy (non-hydrogen) atoms. The number of nitrogens with zero attached hydrogens (tertiary/aromatic N) is 3. The number of hydrazone groups is 1. The van der Waals surface area contributed by atoms with E-state index in [1.54, 1.807) is 35.3 Å². The summed E-state index contributed by atoms with van der Waals surface area (Å²) in [7, 11) is 0. The Morgan fingerprint density at radius 2 is 1.58 bits per heavy atom. The number of amides is 1. The van der Waals surface area contributed by atoms with Gasteiger partial charge >= 0.3 is 0 Å². The topological polar surface area (TPSA) is 59.3 Å². The van der Waals surface area contributed by atoms with Crippen LogP contribution in [0.3, 0.4) is 0 Å². The predicted octanol–water partition coefficient (Wildman–Crippen LogP) is 4.70. The molecule has 4 aromatic rings. The molecule has 5 nitrogen and oxygen atoms in total. The van der Waals surface area contributed by atoms with Gasteiger partial charge in [-0.25, -0.2) is 14.5 Å². The van der Waals surface area contributed by atoms with Gasteiger partial charge in [-0.2, -0.15) is 10.2 Å². The Balaban J connectivity index is 1.61. The number of benzene rings is 3. The van der Waals surface area contributed by atoms with Crippen molar-refractivity contribution in [3.05, 3.63) is 120 Å². The molecule has 0 aliphatic rings. The minimum absolute atomic E-state index is 0.345. The molecule has 4 rings (SSSR count). The highest BCUT2D eigenvalue weighted by molar-refractivity contribution is 6.24. The van der Waals surface area contributed by atoms with Gasteiger partial charge in [0.1, 0.15) is 5.82 Å². The van der Waals surface area contributed by atoms with E-state index in [9.17, 15) is 9.18 Å². The molecule has 0 fully saturated rings. The van der Waals surface area contributed by atoms with E-state index in [0.29, 0.717) is 11.1 Å². The normalized spacial score (nSPS) is 11.6. The molecule has 1 N–H and O–H groups in total. The van der Waals surface area contributed by atoms with Crippen LogP contribution in [0.5, 0.6) is 0 Å². The van der Waals surface area contributed by atoms with E-state index in [0.717, 1.165) is 16.8 Å². The number of aromatic nitrogens is 2. The van der Waals surface area contributed by atoms with Crippen molar-refractivity contribution in [1.29, 1.82) is 0 Å². The summed E-state index contributed by atoms with van der Waals surface area (Å²) in [6, 6.07) is 24.8. The first-order valence-corrected chi connectivity index (χ1v) is 9.65. The van der Waals surface area contributed by atoms with Crippen LogP contribution in [-0.2, 0) is 4.79 Å². The lowest BCUT2D eigenvalue weighted by Gasteiger charge is -2.06. The van der Waals surface area contributed by atoms with Gasteiger partial charge in [0.25, 0.3) is 5.91 Å². The van der Waals surface area contributed by atoms with Gasteiger partial charge in [-0.05, 0) is 41.5 Å². The van der Waals surface area contributed by atoms with E-state index < -0.39 is 5.91 Å². The lowest BCUT2D eigenvalue weighted by atomic mass is 10.0. The molecule has 152 valence electrons. The molecular formula is C25H19FN4O. The lowest BCUT2D eigenvalue weighted by Crippen LogP contribution is -2.19. The smallest absolute Gasteiger partial charge is 0.267 e. The number of carbonyl (C=O) groups is 1. The maximum Gasteiger partial charge on any atom is 0.271 e. The maximum atomic E-state index is 13.4. The molecule has 3 aromatic carbocycles. The molecular weight excluding hydrogens is 391 g/mol. The highest BCUT2D eigenvalue weighted by Gasteiger charge is 2.13. The van der Waals surface area contributed by atoms with Gasteiger partial charge in [0.2, 0.25) is 0 Å².